The van der Waals surface area contributed by atoms with E-state index in [0.717, 1.165) is 0 Å². The van der Waals surface area contributed by atoms with Crippen LogP contribution in [-0.2, 0) is 5.41 Å². The van der Waals surface area contributed by atoms with Crippen molar-refractivity contribution >= 4 is 53.7 Å². The van der Waals surface area contributed by atoms with E-state index in [2.05, 4.69) is 150 Å². The quantitative estimate of drug-likeness (QED) is 0.175. The van der Waals surface area contributed by atoms with E-state index in [9.17, 15) is 0 Å². The van der Waals surface area contributed by atoms with Gasteiger partial charge in [0.25, 0.3) is 0 Å². The van der Waals surface area contributed by atoms with E-state index >= 15 is 0 Å². The third-order valence-corrected chi connectivity index (χ3v) is 11.4. The van der Waals surface area contributed by atoms with E-state index in [1.165, 1.54) is 103 Å². The molecule has 0 fully saturated rings. The summed E-state index contributed by atoms with van der Waals surface area (Å²) in [4.78, 5) is 1.45. The average Bonchev–Trinajstić information content (AvgIpc) is 3.52. The SMILES string of the molecule is Cc1cc(-c2c3ccccc3c(-c3ccc4c(c3)C(C)(C)c3c-4sc4cc(C)cc(C)c34)c3ccccc23)c2ccccc2c1. The Morgan fingerprint density at radius 2 is 1.13 bits per heavy atom. The van der Waals surface area contributed by atoms with Crippen molar-refractivity contribution in [2.75, 3.05) is 0 Å². The maximum atomic E-state index is 2.51. The van der Waals surface area contributed by atoms with Crippen LogP contribution in [0.15, 0.2) is 115 Å². The smallest absolute Gasteiger partial charge is 0.0399 e. The van der Waals surface area contributed by atoms with Crippen LogP contribution in [0.4, 0.5) is 0 Å². The van der Waals surface area contributed by atoms with Crippen molar-refractivity contribution in [3.8, 4) is 32.7 Å². The van der Waals surface area contributed by atoms with Gasteiger partial charge in [-0.3, -0.25) is 0 Å². The Hall–Kier alpha value is -4.72. The summed E-state index contributed by atoms with van der Waals surface area (Å²) >= 11 is 1.97. The number of aryl methyl sites for hydroxylation is 3. The lowest BCUT2D eigenvalue weighted by Gasteiger charge is -2.24. The topological polar surface area (TPSA) is 0 Å². The Bertz CT molecular complexity index is 2480. The first kappa shape index (κ1) is 26.7. The second-order valence-corrected chi connectivity index (χ2v) is 14.6. The highest BCUT2D eigenvalue weighted by Gasteiger charge is 2.39. The van der Waals surface area contributed by atoms with Gasteiger partial charge in [0.05, 0.1) is 0 Å². The van der Waals surface area contributed by atoms with Crippen molar-refractivity contribution < 1.29 is 0 Å². The first-order valence-corrected chi connectivity index (χ1v) is 16.8. The minimum absolute atomic E-state index is 0.0784. The Kier molecular flexibility index (Phi) is 5.57. The van der Waals surface area contributed by atoms with Crippen LogP contribution in [0.25, 0.3) is 75.1 Å². The van der Waals surface area contributed by atoms with E-state index in [0.29, 0.717) is 0 Å². The fourth-order valence-corrected chi connectivity index (χ4v) is 9.91. The number of fused-ring (bicyclic) bond motifs is 8. The standard InChI is InChI=1S/C44H34S/c1-25-20-27(3)39-38(23-25)45-43-35-19-18-29(24-37(35)44(4,5)42(39)43)40-31-14-8-10-16-33(31)41(34-17-11-9-15-32(34)40)36-22-26(2)21-28-12-6-7-13-30(28)36/h6-24H,1-5H3. The van der Waals surface area contributed by atoms with Gasteiger partial charge in [-0.15, -0.1) is 11.3 Å². The van der Waals surface area contributed by atoms with Crippen molar-refractivity contribution in [3.05, 3.63) is 143 Å². The molecule has 0 radical (unpaired) electrons. The first-order valence-electron chi connectivity index (χ1n) is 15.9. The maximum absolute atomic E-state index is 2.51. The Balaban J connectivity index is 1.34. The van der Waals surface area contributed by atoms with E-state index < -0.39 is 0 Å². The van der Waals surface area contributed by atoms with Gasteiger partial charge in [-0.25, -0.2) is 0 Å². The summed E-state index contributed by atoms with van der Waals surface area (Å²) in [7, 11) is 0. The molecule has 1 heteroatoms. The predicted octanol–water partition coefficient (Wildman–Crippen LogP) is 12.9. The number of thiophene rings is 1. The molecule has 1 aromatic heterocycles. The lowest BCUT2D eigenvalue weighted by Crippen LogP contribution is -2.15. The van der Waals surface area contributed by atoms with Crippen LogP contribution in [0.3, 0.4) is 0 Å². The van der Waals surface area contributed by atoms with Crippen molar-refractivity contribution in [3.63, 3.8) is 0 Å². The van der Waals surface area contributed by atoms with Crippen molar-refractivity contribution in [1.82, 2.24) is 0 Å². The molecule has 8 aromatic rings. The van der Waals surface area contributed by atoms with E-state index in [1.54, 1.807) is 0 Å². The lowest BCUT2D eigenvalue weighted by atomic mass is 9.79. The van der Waals surface area contributed by atoms with Crippen LogP contribution in [0.1, 0.15) is 41.7 Å². The van der Waals surface area contributed by atoms with Gasteiger partial charge in [-0.05, 0) is 121 Å². The fraction of sp³-hybridized carbons (Fsp3) is 0.136. The molecule has 0 spiro atoms. The van der Waals surface area contributed by atoms with Gasteiger partial charge in [0.15, 0.2) is 0 Å². The van der Waals surface area contributed by atoms with Crippen LogP contribution >= 0.6 is 11.3 Å². The van der Waals surface area contributed by atoms with E-state index in [-0.39, 0.29) is 5.41 Å². The zero-order valence-corrected chi connectivity index (χ0v) is 27.2. The van der Waals surface area contributed by atoms with Gasteiger partial charge in [-0.1, -0.05) is 117 Å². The molecule has 0 saturated carbocycles. The number of benzene rings is 7. The molecule has 45 heavy (non-hydrogen) atoms. The average molecular weight is 595 g/mol. The number of hydrogen-bond donors (Lipinski definition) is 0. The van der Waals surface area contributed by atoms with Crippen LogP contribution in [0.5, 0.6) is 0 Å². The molecule has 0 bridgehead atoms. The van der Waals surface area contributed by atoms with E-state index in [1.807, 2.05) is 11.3 Å². The van der Waals surface area contributed by atoms with Gasteiger partial charge >= 0.3 is 0 Å². The summed E-state index contributed by atoms with van der Waals surface area (Å²) < 4.78 is 1.41. The minimum atomic E-state index is -0.0784. The predicted molar refractivity (Wildman–Crippen MR) is 197 cm³/mol. The van der Waals surface area contributed by atoms with Gasteiger partial charge in [0.2, 0.25) is 0 Å². The molecule has 0 unspecified atom stereocenters. The molecule has 0 atom stereocenters. The Morgan fingerprint density at radius 1 is 0.533 bits per heavy atom. The molecule has 0 amide bonds. The van der Waals surface area contributed by atoms with Gasteiger partial charge in [-0.2, -0.15) is 0 Å². The van der Waals surface area contributed by atoms with Gasteiger partial charge in [0, 0.05) is 20.4 Å². The second kappa shape index (κ2) is 9.39. The molecule has 0 aliphatic heterocycles. The highest BCUT2D eigenvalue weighted by Crippen LogP contribution is 2.57. The largest absolute Gasteiger partial charge is 0.135 e. The summed E-state index contributed by atoms with van der Waals surface area (Å²) in [6, 6.07) is 43.6. The molecule has 1 aliphatic rings. The molecule has 0 saturated heterocycles. The maximum Gasteiger partial charge on any atom is 0.0399 e. The molecule has 1 aliphatic carbocycles. The molecule has 1 heterocycles. The Labute approximate surface area is 268 Å². The van der Waals surface area contributed by atoms with Crippen molar-refractivity contribution in [2.45, 2.75) is 40.0 Å². The zero-order valence-electron chi connectivity index (χ0n) is 26.4. The summed E-state index contributed by atoms with van der Waals surface area (Å²) in [6.45, 7) is 11.6. The summed E-state index contributed by atoms with van der Waals surface area (Å²) in [5, 5.41) is 9.26. The van der Waals surface area contributed by atoms with Gasteiger partial charge < -0.3 is 0 Å². The van der Waals surface area contributed by atoms with Crippen LogP contribution in [-0.4, -0.2) is 0 Å². The molecule has 0 nitrogen and oxygen atoms in total. The number of hydrogen-bond acceptors (Lipinski definition) is 1. The molecule has 0 N–H and O–H groups in total. The highest BCUT2D eigenvalue weighted by atomic mass is 32.1. The number of rotatable bonds is 2. The second-order valence-electron chi connectivity index (χ2n) is 13.5. The summed E-state index contributed by atoms with van der Waals surface area (Å²) in [6.07, 6.45) is 0. The molecular formula is C44H34S. The van der Waals surface area contributed by atoms with Crippen LogP contribution < -0.4 is 0 Å². The highest BCUT2D eigenvalue weighted by molar-refractivity contribution is 7.22. The molecule has 216 valence electrons. The molecule has 9 rings (SSSR count). The first-order chi connectivity index (χ1) is 21.8. The van der Waals surface area contributed by atoms with Crippen LogP contribution in [0.2, 0.25) is 0 Å². The Morgan fingerprint density at radius 3 is 1.82 bits per heavy atom. The minimum Gasteiger partial charge on any atom is -0.135 e. The summed E-state index contributed by atoms with van der Waals surface area (Å²) in [5.74, 6) is 0. The lowest BCUT2D eigenvalue weighted by molar-refractivity contribution is 0.667. The third-order valence-electron chi connectivity index (χ3n) is 10.2. The van der Waals surface area contributed by atoms with Gasteiger partial charge in [0.1, 0.15) is 0 Å². The fourth-order valence-electron chi connectivity index (χ4n) is 8.34. The van der Waals surface area contributed by atoms with Crippen LogP contribution in [0, 0.1) is 20.8 Å². The third kappa shape index (κ3) is 3.71. The van der Waals surface area contributed by atoms with E-state index in [4.69, 9.17) is 0 Å². The summed E-state index contributed by atoms with van der Waals surface area (Å²) in [5.41, 5.74) is 13.5. The normalized spacial score (nSPS) is 13.6. The zero-order chi connectivity index (χ0) is 30.6. The van der Waals surface area contributed by atoms with Crippen molar-refractivity contribution in [2.24, 2.45) is 0 Å². The monoisotopic (exact) mass is 594 g/mol. The molecule has 7 aromatic carbocycles. The molecular weight excluding hydrogens is 561 g/mol. The van der Waals surface area contributed by atoms with Crippen molar-refractivity contribution in [1.29, 1.82) is 0 Å².